The Kier molecular flexibility index (Phi) is 3.45. The zero-order chi connectivity index (χ0) is 15.8. The molecular weight excluding hydrogens is 366 g/mol. The van der Waals surface area contributed by atoms with Gasteiger partial charge in [-0.15, -0.1) is 5.10 Å². The third-order valence-corrected chi connectivity index (χ3v) is 4.06. The summed E-state index contributed by atoms with van der Waals surface area (Å²) < 4.78 is 7.61. The van der Waals surface area contributed by atoms with Crippen molar-refractivity contribution in [2.24, 2.45) is 0 Å². The average Bonchev–Trinajstić information content (AvgIpc) is 3.20. The van der Waals surface area contributed by atoms with E-state index in [4.69, 9.17) is 4.42 Å². The van der Waals surface area contributed by atoms with E-state index in [-0.39, 0.29) is 11.9 Å². The van der Waals surface area contributed by atoms with Gasteiger partial charge in [0.15, 0.2) is 10.4 Å². The Balaban J connectivity index is 1.36. The molecule has 0 spiro atoms. The van der Waals surface area contributed by atoms with Gasteiger partial charge in [0.2, 0.25) is 0 Å². The lowest BCUT2D eigenvalue weighted by molar-refractivity contribution is 0.0465. The fourth-order valence-electron chi connectivity index (χ4n) is 2.41. The second kappa shape index (κ2) is 5.61. The highest BCUT2D eigenvalue weighted by molar-refractivity contribution is 9.10. The molecule has 1 saturated heterocycles. The molecule has 0 saturated carbocycles. The number of furan rings is 1. The van der Waals surface area contributed by atoms with Gasteiger partial charge in [-0.05, 0) is 28.1 Å². The SMILES string of the molecule is O=C(c1ccc(Br)o1)N1CC(n2cc(Cn3nccn3)nn2)C1. The van der Waals surface area contributed by atoms with Crippen LogP contribution in [0.3, 0.4) is 0 Å². The highest BCUT2D eigenvalue weighted by Gasteiger charge is 2.34. The van der Waals surface area contributed by atoms with E-state index < -0.39 is 0 Å². The topological polar surface area (TPSA) is 94.9 Å². The Morgan fingerprint density at radius 1 is 1.30 bits per heavy atom. The van der Waals surface area contributed by atoms with Crippen molar-refractivity contribution < 1.29 is 9.21 Å². The van der Waals surface area contributed by atoms with E-state index in [0.717, 1.165) is 5.69 Å². The Morgan fingerprint density at radius 3 is 2.78 bits per heavy atom. The average molecular weight is 378 g/mol. The monoisotopic (exact) mass is 377 g/mol. The van der Waals surface area contributed by atoms with E-state index in [9.17, 15) is 4.79 Å². The summed E-state index contributed by atoms with van der Waals surface area (Å²) in [5.74, 6) is 0.215. The molecule has 3 aromatic heterocycles. The van der Waals surface area contributed by atoms with Crippen LogP contribution < -0.4 is 0 Å². The molecule has 10 heteroatoms. The van der Waals surface area contributed by atoms with E-state index in [1.54, 1.807) is 38.9 Å². The predicted molar refractivity (Wildman–Crippen MR) is 80.5 cm³/mol. The number of amides is 1. The lowest BCUT2D eigenvalue weighted by atomic mass is 10.1. The number of likely N-dealkylation sites (tertiary alicyclic amines) is 1. The number of hydrogen-bond donors (Lipinski definition) is 0. The Morgan fingerprint density at radius 2 is 2.09 bits per heavy atom. The van der Waals surface area contributed by atoms with Gasteiger partial charge in [0.05, 0.1) is 24.6 Å². The van der Waals surface area contributed by atoms with Gasteiger partial charge in [-0.25, -0.2) is 4.68 Å². The quantitative estimate of drug-likeness (QED) is 0.672. The third-order valence-electron chi connectivity index (χ3n) is 3.64. The van der Waals surface area contributed by atoms with Crippen LogP contribution in [0.1, 0.15) is 22.3 Å². The van der Waals surface area contributed by atoms with Crippen LogP contribution in [0.15, 0.2) is 39.8 Å². The lowest BCUT2D eigenvalue weighted by Crippen LogP contribution is -2.50. The van der Waals surface area contributed by atoms with Crippen molar-refractivity contribution in [3.63, 3.8) is 0 Å². The molecule has 0 N–H and O–H groups in total. The second-order valence-corrected chi connectivity index (χ2v) is 6.00. The first-order valence-corrected chi connectivity index (χ1v) is 7.78. The number of aromatic nitrogens is 6. The molecule has 23 heavy (non-hydrogen) atoms. The van der Waals surface area contributed by atoms with E-state index in [0.29, 0.717) is 30.1 Å². The van der Waals surface area contributed by atoms with E-state index in [1.165, 1.54) is 0 Å². The molecule has 1 aliphatic heterocycles. The maximum absolute atomic E-state index is 12.2. The summed E-state index contributed by atoms with van der Waals surface area (Å²) in [6.07, 6.45) is 5.10. The molecule has 0 unspecified atom stereocenters. The molecule has 4 heterocycles. The maximum atomic E-state index is 12.2. The maximum Gasteiger partial charge on any atom is 0.289 e. The van der Waals surface area contributed by atoms with Crippen molar-refractivity contribution in [3.8, 4) is 0 Å². The summed E-state index contributed by atoms with van der Waals surface area (Å²) in [6, 6.07) is 3.49. The summed E-state index contributed by atoms with van der Waals surface area (Å²) in [5.41, 5.74) is 0.779. The third kappa shape index (κ3) is 2.77. The minimum absolute atomic E-state index is 0.118. The normalized spacial score (nSPS) is 14.9. The molecule has 0 aromatic carbocycles. The summed E-state index contributed by atoms with van der Waals surface area (Å²) in [5, 5.41) is 16.3. The molecule has 1 aliphatic rings. The standard InChI is InChI=1S/C13H12BrN7O2/c14-12-2-1-11(23-12)13(22)19-7-10(8-19)20-5-9(17-18-20)6-21-15-3-4-16-21/h1-5,10H,6-8H2. The Bertz CT molecular complexity index is 819. The fraction of sp³-hybridized carbons (Fsp3) is 0.308. The van der Waals surface area contributed by atoms with Crippen LogP contribution in [0, 0.1) is 0 Å². The van der Waals surface area contributed by atoms with Crippen molar-refractivity contribution in [3.05, 3.63) is 46.8 Å². The minimum atomic E-state index is -0.118. The smallest absolute Gasteiger partial charge is 0.289 e. The van der Waals surface area contributed by atoms with Crippen LogP contribution >= 0.6 is 15.9 Å². The highest BCUT2D eigenvalue weighted by atomic mass is 79.9. The molecule has 0 radical (unpaired) electrons. The van der Waals surface area contributed by atoms with E-state index in [1.807, 2.05) is 6.20 Å². The second-order valence-electron chi connectivity index (χ2n) is 5.22. The number of rotatable bonds is 4. The number of carbonyl (C=O) groups is 1. The van der Waals surface area contributed by atoms with Crippen LogP contribution in [0.2, 0.25) is 0 Å². The summed E-state index contributed by atoms with van der Waals surface area (Å²) >= 11 is 3.19. The largest absolute Gasteiger partial charge is 0.444 e. The number of nitrogens with zero attached hydrogens (tertiary/aromatic N) is 7. The fourth-order valence-corrected chi connectivity index (χ4v) is 2.71. The molecule has 3 aromatic rings. The summed E-state index contributed by atoms with van der Waals surface area (Å²) in [4.78, 5) is 15.4. The van der Waals surface area contributed by atoms with Gasteiger partial charge in [-0.2, -0.15) is 15.0 Å². The van der Waals surface area contributed by atoms with Gasteiger partial charge < -0.3 is 9.32 Å². The zero-order valence-corrected chi connectivity index (χ0v) is 13.5. The molecule has 4 rings (SSSR count). The van der Waals surface area contributed by atoms with Gasteiger partial charge in [-0.3, -0.25) is 4.79 Å². The summed E-state index contributed by atoms with van der Waals surface area (Å²) in [6.45, 7) is 1.64. The van der Waals surface area contributed by atoms with E-state index in [2.05, 4.69) is 36.4 Å². The van der Waals surface area contributed by atoms with Crippen LogP contribution in [0.4, 0.5) is 0 Å². The van der Waals surface area contributed by atoms with Crippen molar-refractivity contribution in [2.75, 3.05) is 13.1 Å². The van der Waals surface area contributed by atoms with E-state index >= 15 is 0 Å². The number of carbonyl (C=O) groups excluding carboxylic acids is 1. The number of hydrogen-bond acceptors (Lipinski definition) is 6. The van der Waals surface area contributed by atoms with Crippen molar-refractivity contribution >= 4 is 21.8 Å². The van der Waals surface area contributed by atoms with Gasteiger partial charge in [0.25, 0.3) is 5.91 Å². The molecule has 1 amide bonds. The first kappa shape index (κ1) is 14.1. The van der Waals surface area contributed by atoms with Crippen LogP contribution in [-0.4, -0.2) is 53.9 Å². The Hall–Kier alpha value is -2.49. The first-order valence-electron chi connectivity index (χ1n) is 6.98. The zero-order valence-electron chi connectivity index (χ0n) is 11.9. The van der Waals surface area contributed by atoms with Crippen LogP contribution in [0.5, 0.6) is 0 Å². The van der Waals surface area contributed by atoms with Crippen LogP contribution in [0.25, 0.3) is 0 Å². The van der Waals surface area contributed by atoms with Gasteiger partial charge in [0, 0.05) is 13.1 Å². The predicted octanol–water partition coefficient (Wildman–Crippen LogP) is 0.970. The lowest BCUT2D eigenvalue weighted by Gasteiger charge is -2.38. The molecule has 118 valence electrons. The molecule has 9 nitrogen and oxygen atoms in total. The molecule has 0 atom stereocenters. The van der Waals surface area contributed by atoms with Crippen molar-refractivity contribution in [1.82, 2.24) is 34.9 Å². The van der Waals surface area contributed by atoms with Gasteiger partial charge >= 0.3 is 0 Å². The van der Waals surface area contributed by atoms with Gasteiger partial charge in [-0.1, -0.05) is 5.21 Å². The highest BCUT2D eigenvalue weighted by Crippen LogP contribution is 2.24. The number of halogens is 1. The minimum Gasteiger partial charge on any atom is -0.444 e. The molecule has 0 bridgehead atoms. The van der Waals surface area contributed by atoms with Crippen molar-refractivity contribution in [1.29, 1.82) is 0 Å². The molecule has 0 aliphatic carbocycles. The first-order chi connectivity index (χ1) is 11.2. The molecule has 1 fully saturated rings. The van der Waals surface area contributed by atoms with Gasteiger partial charge in [0.1, 0.15) is 12.2 Å². The van der Waals surface area contributed by atoms with Crippen LogP contribution in [-0.2, 0) is 6.54 Å². The van der Waals surface area contributed by atoms with Crippen molar-refractivity contribution in [2.45, 2.75) is 12.6 Å². The summed E-state index contributed by atoms with van der Waals surface area (Å²) in [7, 11) is 0. The Labute approximate surface area is 139 Å². The molecular formula is C13H12BrN7O2.